The van der Waals surface area contributed by atoms with Gasteiger partial charge in [-0.15, -0.1) is 0 Å². The van der Waals surface area contributed by atoms with Crippen LogP contribution in [0.25, 0.3) is 11.0 Å². The number of ether oxygens (including phenoxy) is 2. The minimum atomic E-state index is -4.37. The number of fused-ring (bicyclic) bond motifs is 1. The van der Waals surface area contributed by atoms with Gasteiger partial charge in [0.2, 0.25) is 5.28 Å². The summed E-state index contributed by atoms with van der Waals surface area (Å²) in [6.07, 6.45) is -1.36. The zero-order valence-corrected chi connectivity index (χ0v) is 21.1. The molecule has 0 amide bonds. The summed E-state index contributed by atoms with van der Waals surface area (Å²) in [5.41, 5.74) is 2.84. The largest absolute Gasteiger partial charge is 0.387 e. The summed E-state index contributed by atoms with van der Waals surface area (Å²) in [7, 11) is -4.37. The molecule has 2 fully saturated rings. The third-order valence-electron chi connectivity index (χ3n) is 6.54. The average Bonchev–Trinajstić information content (AvgIpc) is 3.54. The van der Waals surface area contributed by atoms with E-state index in [1.54, 1.807) is 16.8 Å². The molecule has 5 rings (SSSR count). The second-order valence-corrected chi connectivity index (χ2v) is 11.2. The Kier molecular flexibility index (Phi) is 7.10. The first-order valence-electron chi connectivity index (χ1n) is 11.6. The van der Waals surface area contributed by atoms with Crippen molar-refractivity contribution in [1.29, 1.82) is 0 Å². The number of aromatic nitrogens is 3. The van der Waals surface area contributed by atoms with Gasteiger partial charge >= 0.3 is 7.60 Å². The maximum Gasteiger partial charge on any atom is 0.350 e. The molecule has 1 unspecified atom stereocenters. The molecule has 194 valence electrons. The Labute approximate surface area is 212 Å². The minimum absolute atomic E-state index is 0.00389. The number of nitrogens with zero attached hydrogens (tertiary/aromatic N) is 3. The molecule has 1 saturated heterocycles. The molecule has 0 bridgehead atoms. The van der Waals surface area contributed by atoms with Gasteiger partial charge in [-0.3, -0.25) is 4.57 Å². The van der Waals surface area contributed by atoms with Crippen molar-refractivity contribution in [3.63, 3.8) is 0 Å². The molecule has 36 heavy (non-hydrogen) atoms. The number of nitrogens with one attached hydrogen (secondary N) is 1. The normalized spacial score (nSPS) is 25.4. The second-order valence-electron chi connectivity index (χ2n) is 9.32. The summed E-state index contributed by atoms with van der Waals surface area (Å²) >= 11 is 6.23. The molecule has 1 saturated carbocycles. The Morgan fingerprint density at radius 2 is 1.92 bits per heavy atom. The van der Waals surface area contributed by atoms with Gasteiger partial charge in [-0.05, 0) is 54.5 Å². The van der Waals surface area contributed by atoms with E-state index < -0.39 is 38.5 Å². The monoisotopic (exact) mass is 538 g/mol. The van der Waals surface area contributed by atoms with Gasteiger partial charge < -0.3 is 39.4 Å². The van der Waals surface area contributed by atoms with Crippen LogP contribution in [0.3, 0.4) is 0 Å². The van der Waals surface area contributed by atoms with Crippen LogP contribution in [0.15, 0.2) is 36.5 Å². The van der Waals surface area contributed by atoms with Crippen molar-refractivity contribution < 1.29 is 34.0 Å². The van der Waals surface area contributed by atoms with Crippen LogP contribution in [-0.2, 0) is 14.0 Å². The Balaban J connectivity index is 1.35. The van der Waals surface area contributed by atoms with Crippen LogP contribution in [0.4, 0.5) is 5.82 Å². The summed E-state index contributed by atoms with van der Waals surface area (Å²) in [5, 5.41) is 25.1. The number of aliphatic hydroxyl groups is 2. The van der Waals surface area contributed by atoms with Gasteiger partial charge in [0.25, 0.3) is 0 Å². The van der Waals surface area contributed by atoms with Crippen molar-refractivity contribution in [2.45, 2.75) is 56.3 Å². The third-order valence-corrected chi connectivity index (χ3v) is 7.22. The van der Waals surface area contributed by atoms with E-state index in [1.165, 1.54) is 18.4 Å². The summed E-state index contributed by atoms with van der Waals surface area (Å²) < 4.78 is 23.3. The molecule has 0 spiro atoms. The molecule has 13 heteroatoms. The van der Waals surface area contributed by atoms with E-state index in [0.717, 1.165) is 5.56 Å². The highest BCUT2D eigenvalue weighted by atomic mass is 35.5. The maximum absolute atomic E-state index is 11.0. The summed E-state index contributed by atoms with van der Waals surface area (Å²) in [6.45, 7) is 1.71. The van der Waals surface area contributed by atoms with Gasteiger partial charge in [-0.2, -0.15) is 4.98 Å². The van der Waals surface area contributed by atoms with E-state index in [1.807, 2.05) is 6.92 Å². The molecule has 1 aliphatic carbocycles. The molecule has 5 N–H and O–H groups in total. The highest BCUT2D eigenvalue weighted by Crippen LogP contribution is 2.40. The molecular weight excluding hydrogens is 511 g/mol. The van der Waals surface area contributed by atoms with Crippen LogP contribution in [-0.4, -0.2) is 65.8 Å². The topological polar surface area (TPSA) is 159 Å². The molecule has 3 aromatic rings. The van der Waals surface area contributed by atoms with Gasteiger partial charge in [0.05, 0.1) is 12.0 Å². The number of aliphatic hydroxyl groups excluding tert-OH is 2. The van der Waals surface area contributed by atoms with E-state index in [9.17, 15) is 14.8 Å². The minimum Gasteiger partial charge on any atom is -0.387 e. The lowest BCUT2D eigenvalue weighted by Gasteiger charge is -2.19. The van der Waals surface area contributed by atoms with Crippen LogP contribution in [0.5, 0.6) is 0 Å². The number of hydrogen-bond donors (Lipinski definition) is 5. The number of halogens is 1. The standard InChI is InChI=1S/C23H28ClN4O7P/c1-12(13-2-4-14(5-3-13)15-6-7-15)25-20-16-8-9-28(21(16)27-23(24)26-20)22-19(30)18(29)17(35-22)10-34-11-36(31,32)33/h2-5,8-9,12,15,17-19,22,29-30H,6-7,10-11H2,1H3,(H,25,26,27)(H2,31,32,33)/t12-,17-,18-,19-,22?/m1/s1. The third kappa shape index (κ3) is 5.44. The fraction of sp³-hybridized carbons (Fsp3) is 0.478. The van der Waals surface area contributed by atoms with Crippen molar-refractivity contribution >= 4 is 36.0 Å². The number of hydrogen-bond acceptors (Lipinski definition) is 8. The van der Waals surface area contributed by atoms with Gasteiger partial charge in [0.15, 0.2) is 6.23 Å². The zero-order valence-electron chi connectivity index (χ0n) is 19.4. The zero-order chi connectivity index (χ0) is 25.6. The van der Waals surface area contributed by atoms with E-state index >= 15 is 0 Å². The van der Waals surface area contributed by atoms with Gasteiger partial charge in [-0.25, -0.2) is 4.98 Å². The highest BCUT2D eigenvalue weighted by molar-refractivity contribution is 7.51. The Bertz CT molecular complexity index is 1280. The van der Waals surface area contributed by atoms with Crippen molar-refractivity contribution in [2.24, 2.45) is 0 Å². The summed E-state index contributed by atoms with van der Waals surface area (Å²) in [5.74, 6) is 1.20. The average molecular weight is 539 g/mol. The first-order chi connectivity index (χ1) is 17.1. The van der Waals surface area contributed by atoms with E-state index in [0.29, 0.717) is 22.8 Å². The quantitative estimate of drug-likeness (QED) is 0.202. The number of anilines is 1. The van der Waals surface area contributed by atoms with E-state index in [2.05, 4.69) is 39.6 Å². The smallest absolute Gasteiger partial charge is 0.350 e. The van der Waals surface area contributed by atoms with Gasteiger partial charge in [0.1, 0.15) is 36.1 Å². The lowest BCUT2D eigenvalue weighted by atomic mass is 10.0. The lowest BCUT2D eigenvalue weighted by Crippen LogP contribution is -2.33. The van der Waals surface area contributed by atoms with Crippen LogP contribution >= 0.6 is 19.2 Å². The molecule has 2 aromatic heterocycles. The molecule has 11 nitrogen and oxygen atoms in total. The first kappa shape index (κ1) is 25.6. The van der Waals surface area contributed by atoms with E-state index in [4.69, 9.17) is 30.9 Å². The SMILES string of the molecule is C[C@@H](Nc1nc(Cl)nc2c1ccn2C1O[C@H](COCP(=O)(O)O)[C@@H](O)[C@H]1O)c1ccc(C2CC2)cc1. The Morgan fingerprint density at radius 1 is 1.19 bits per heavy atom. The number of benzene rings is 1. The van der Waals surface area contributed by atoms with E-state index in [-0.39, 0.29) is 17.9 Å². The number of rotatable bonds is 9. The Hall–Kier alpha value is -2.08. The predicted molar refractivity (Wildman–Crippen MR) is 132 cm³/mol. The summed E-state index contributed by atoms with van der Waals surface area (Å²) in [4.78, 5) is 26.6. The second kappa shape index (κ2) is 10.00. The van der Waals surface area contributed by atoms with Gasteiger partial charge in [0, 0.05) is 12.2 Å². The Morgan fingerprint density at radius 3 is 2.58 bits per heavy atom. The maximum atomic E-state index is 11.0. The van der Waals surface area contributed by atoms with Crippen LogP contribution in [0, 0.1) is 0 Å². The first-order valence-corrected chi connectivity index (χ1v) is 13.8. The summed E-state index contributed by atoms with van der Waals surface area (Å²) in [6, 6.07) is 10.2. The fourth-order valence-corrected chi connectivity index (χ4v) is 4.98. The molecule has 3 heterocycles. The van der Waals surface area contributed by atoms with Crippen LogP contribution < -0.4 is 5.32 Å². The van der Waals surface area contributed by atoms with Crippen LogP contribution in [0.1, 0.15) is 49.1 Å². The molecule has 5 atom stereocenters. The van der Waals surface area contributed by atoms with Crippen molar-refractivity contribution in [3.05, 3.63) is 52.9 Å². The molecule has 1 aliphatic heterocycles. The van der Waals surface area contributed by atoms with Crippen molar-refractivity contribution in [2.75, 3.05) is 18.3 Å². The van der Waals surface area contributed by atoms with Crippen molar-refractivity contribution in [1.82, 2.24) is 14.5 Å². The molecule has 1 aromatic carbocycles. The van der Waals surface area contributed by atoms with Crippen LogP contribution in [0.2, 0.25) is 5.28 Å². The fourth-order valence-electron chi connectivity index (χ4n) is 4.47. The highest BCUT2D eigenvalue weighted by Gasteiger charge is 2.44. The van der Waals surface area contributed by atoms with Crippen molar-refractivity contribution in [3.8, 4) is 0 Å². The van der Waals surface area contributed by atoms with Gasteiger partial charge in [-0.1, -0.05) is 24.3 Å². The molecule has 0 radical (unpaired) electrons. The molecule has 2 aliphatic rings. The predicted octanol–water partition coefficient (Wildman–Crippen LogP) is 2.91. The lowest BCUT2D eigenvalue weighted by molar-refractivity contribution is -0.0610. The molecular formula is C23H28ClN4O7P.